The average Bonchev–Trinajstić information content (AvgIpc) is 2.88. The van der Waals surface area contributed by atoms with Gasteiger partial charge in [-0.05, 0) is 32.1 Å². The fourth-order valence-electron chi connectivity index (χ4n) is 1.51. The van der Waals surface area contributed by atoms with Crippen molar-refractivity contribution in [2.24, 2.45) is 5.41 Å². The van der Waals surface area contributed by atoms with Crippen molar-refractivity contribution in [3.63, 3.8) is 0 Å². The molecule has 4 nitrogen and oxygen atoms in total. The van der Waals surface area contributed by atoms with Gasteiger partial charge in [0.2, 0.25) is 0 Å². The number of nitrogens with two attached hydrogens (primary N) is 1. The zero-order chi connectivity index (χ0) is 11.1. The van der Waals surface area contributed by atoms with Gasteiger partial charge in [-0.25, -0.2) is 9.97 Å². The summed E-state index contributed by atoms with van der Waals surface area (Å²) in [4.78, 5) is 8.48. The molecular formula is C11H18N4. The molecule has 15 heavy (non-hydrogen) atoms. The summed E-state index contributed by atoms with van der Waals surface area (Å²) in [6.07, 6.45) is 2.61. The number of hydrogen-bond donors (Lipinski definition) is 2. The van der Waals surface area contributed by atoms with E-state index in [0.29, 0.717) is 11.2 Å². The molecule has 1 heterocycles. The van der Waals surface area contributed by atoms with Crippen molar-refractivity contribution in [1.29, 1.82) is 0 Å². The van der Waals surface area contributed by atoms with Crippen LogP contribution in [0.3, 0.4) is 0 Å². The first-order chi connectivity index (χ1) is 7.00. The summed E-state index contributed by atoms with van der Waals surface area (Å²) in [6.45, 7) is 7.07. The minimum absolute atomic E-state index is 0.472. The van der Waals surface area contributed by atoms with Crippen LogP contribution in [0.15, 0.2) is 0 Å². The molecule has 0 radical (unpaired) electrons. The molecule has 1 aliphatic rings. The van der Waals surface area contributed by atoms with Gasteiger partial charge in [0, 0.05) is 12.1 Å². The van der Waals surface area contributed by atoms with Gasteiger partial charge in [-0.15, -0.1) is 0 Å². The number of aromatic nitrogens is 2. The van der Waals surface area contributed by atoms with Crippen LogP contribution >= 0.6 is 0 Å². The molecule has 0 atom stereocenters. The van der Waals surface area contributed by atoms with Gasteiger partial charge in [0.05, 0.1) is 0 Å². The van der Waals surface area contributed by atoms with Gasteiger partial charge in [-0.3, -0.25) is 0 Å². The maximum atomic E-state index is 5.79. The Kier molecular flexibility index (Phi) is 2.29. The van der Waals surface area contributed by atoms with Crippen LogP contribution in [0.1, 0.15) is 31.2 Å². The lowest BCUT2D eigenvalue weighted by Crippen LogP contribution is -2.15. The Morgan fingerprint density at radius 1 is 1.33 bits per heavy atom. The van der Waals surface area contributed by atoms with Gasteiger partial charge in [-0.1, -0.05) is 6.92 Å². The molecule has 82 valence electrons. The van der Waals surface area contributed by atoms with Gasteiger partial charge in [0.15, 0.2) is 0 Å². The minimum atomic E-state index is 0.472. The first-order valence-electron chi connectivity index (χ1n) is 5.35. The van der Waals surface area contributed by atoms with E-state index in [1.54, 1.807) is 0 Å². The van der Waals surface area contributed by atoms with E-state index < -0.39 is 0 Å². The van der Waals surface area contributed by atoms with Crippen LogP contribution in [0.5, 0.6) is 0 Å². The maximum Gasteiger partial charge on any atom is 0.134 e. The van der Waals surface area contributed by atoms with E-state index in [-0.39, 0.29) is 0 Å². The summed E-state index contributed by atoms with van der Waals surface area (Å²) in [7, 11) is 0. The quantitative estimate of drug-likeness (QED) is 0.792. The number of anilines is 2. The zero-order valence-corrected chi connectivity index (χ0v) is 9.59. The molecule has 1 aromatic heterocycles. The van der Waals surface area contributed by atoms with Gasteiger partial charge in [-0.2, -0.15) is 0 Å². The summed E-state index contributed by atoms with van der Waals surface area (Å²) < 4.78 is 0. The number of nitrogen functional groups attached to an aromatic ring is 1. The van der Waals surface area contributed by atoms with Gasteiger partial charge >= 0.3 is 0 Å². The van der Waals surface area contributed by atoms with Gasteiger partial charge < -0.3 is 11.1 Å². The summed E-state index contributed by atoms with van der Waals surface area (Å²) in [5.74, 6) is 2.18. The van der Waals surface area contributed by atoms with Gasteiger partial charge in [0.1, 0.15) is 17.5 Å². The Morgan fingerprint density at radius 2 is 2.00 bits per heavy atom. The second kappa shape index (κ2) is 3.36. The highest BCUT2D eigenvalue weighted by atomic mass is 15.1. The van der Waals surface area contributed by atoms with Crippen LogP contribution in [-0.2, 0) is 0 Å². The van der Waals surface area contributed by atoms with Gasteiger partial charge in [0.25, 0.3) is 0 Å². The number of nitrogens with one attached hydrogen (secondary N) is 1. The van der Waals surface area contributed by atoms with Crippen molar-refractivity contribution in [3.05, 3.63) is 11.4 Å². The summed E-state index contributed by atoms with van der Waals surface area (Å²) in [5.41, 5.74) is 7.21. The van der Waals surface area contributed by atoms with E-state index in [2.05, 4.69) is 22.2 Å². The fraction of sp³-hybridized carbons (Fsp3) is 0.636. The number of hydrogen-bond acceptors (Lipinski definition) is 4. The maximum absolute atomic E-state index is 5.79. The van der Waals surface area contributed by atoms with E-state index >= 15 is 0 Å². The molecule has 1 fully saturated rings. The lowest BCUT2D eigenvalue weighted by Gasteiger charge is -2.13. The molecule has 4 heteroatoms. The first-order valence-corrected chi connectivity index (χ1v) is 5.35. The first kappa shape index (κ1) is 10.2. The molecule has 1 aliphatic carbocycles. The summed E-state index contributed by atoms with van der Waals surface area (Å²) in [6, 6.07) is 0. The van der Waals surface area contributed by atoms with Crippen LogP contribution in [0, 0.1) is 19.3 Å². The molecule has 0 bridgehead atoms. The molecule has 1 aromatic rings. The predicted octanol–water partition coefficient (Wildman–Crippen LogP) is 1.89. The Hall–Kier alpha value is -1.32. The lowest BCUT2D eigenvalue weighted by molar-refractivity contribution is 0.609. The monoisotopic (exact) mass is 206 g/mol. The number of nitrogens with zero attached hydrogens (tertiary/aromatic N) is 2. The van der Waals surface area contributed by atoms with Crippen LogP contribution < -0.4 is 11.1 Å². The number of rotatable bonds is 3. The fourth-order valence-corrected chi connectivity index (χ4v) is 1.51. The van der Waals surface area contributed by atoms with E-state index in [1.807, 2.05) is 13.8 Å². The van der Waals surface area contributed by atoms with E-state index in [9.17, 15) is 0 Å². The van der Waals surface area contributed by atoms with Crippen LogP contribution in [0.4, 0.5) is 11.6 Å². The van der Waals surface area contributed by atoms with Crippen LogP contribution in [0.2, 0.25) is 0 Å². The molecule has 0 unspecified atom stereocenters. The second-order valence-corrected chi connectivity index (χ2v) is 4.79. The lowest BCUT2D eigenvalue weighted by atomic mass is 10.1. The third-order valence-corrected chi connectivity index (χ3v) is 3.08. The highest BCUT2D eigenvalue weighted by Gasteiger charge is 2.36. The molecule has 0 saturated heterocycles. The van der Waals surface area contributed by atoms with E-state index in [1.165, 1.54) is 12.8 Å². The highest BCUT2D eigenvalue weighted by molar-refractivity contribution is 5.54. The minimum Gasteiger partial charge on any atom is -0.383 e. The third kappa shape index (κ3) is 2.19. The topological polar surface area (TPSA) is 63.8 Å². The molecule has 0 aliphatic heterocycles. The molecule has 2 rings (SSSR count). The van der Waals surface area contributed by atoms with Crippen molar-refractivity contribution in [3.8, 4) is 0 Å². The molecule has 1 saturated carbocycles. The number of aryl methyl sites for hydroxylation is 1. The normalized spacial score (nSPS) is 17.5. The molecule has 3 N–H and O–H groups in total. The molecular weight excluding hydrogens is 188 g/mol. The van der Waals surface area contributed by atoms with Crippen molar-refractivity contribution in [2.45, 2.75) is 33.6 Å². The van der Waals surface area contributed by atoms with Crippen LogP contribution in [0.25, 0.3) is 0 Å². The van der Waals surface area contributed by atoms with Crippen molar-refractivity contribution in [2.75, 3.05) is 17.6 Å². The predicted molar refractivity (Wildman–Crippen MR) is 61.7 cm³/mol. The van der Waals surface area contributed by atoms with Crippen LogP contribution in [-0.4, -0.2) is 16.5 Å². The smallest absolute Gasteiger partial charge is 0.134 e. The van der Waals surface area contributed by atoms with Crippen molar-refractivity contribution >= 4 is 11.6 Å². The summed E-state index contributed by atoms with van der Waals surface area (Å²) >= 11 is 0. The molecule has 0 aromatic carbocycles. The molecule has 0 spiro atoms. The van der Waals surface area contributed by atoms with Crippen molar-refractivity contribution < 1.29 is 0 Å². The Morgan fingerprint density at radius 3 is 2.60 bits per heavy atom. The Bertz CT molecular complexity index is 382. The second-order valence-electron chi connectivity index (χ2n) is 4.79. The summed E-state index contributed by atoms with van der Waals surface area (Å²) in [5, 5.41) is 3.37. The highest BCUT2D eigenvalue weighted by Crippen LogP contribution is 2.44. The largest absolute Gasteiger partial charge is 0.383 e. The Labute approximate surface area is 90.3 Å². The third-order valence-electron chi connectivity index (χ3n) is 3.08. The average molecular weight is 206 g/mol. The standard InChI is InChI=1S/C11H18N4/c1-7-9(12)14-8(2)15-10(7)13-6-11(3)4-5-11/h4-6H2,1-3H3,(H3,12,13,14,15). The van der Waals surface area contributed by atoms with Crippen molar-refractivity contribution in [1.82, 2.24) is 9.97 Å². The van der Waals surface area contributed by atoms with E-state index in [4.69, 9.17) is 5.73 Å². The SMILES string of the molecule is Cc1nc(N)c(C)c(NCC2(C)CC2)n1. The zero-order valence-electron chi connectivity index (χ0n) is 9.59. The molecule has 0 amide bonds. The Balaban J connectivity index is 2.13. The van der Waals surface area contributed by atoms with E-state index in [0.717, 1.165) is 23.8 Å².